The number of carbonyl (C=O) groups excluding carboxylic acids is 1. The quantitative estimate of drug-likeness (QED) is 0.715. The molecule has 1 N–H and O–H groups in total. The third-order valence-corrected chi connectivity index (χ3v) is 5.85. The first-order chi connectivity index (χ1) is 13.5. The van der Waals surface area contributed by atoms with Gasteiger partial charge in [0, 0.05) is 30.0 Å². The Morgan fingerprint density at radius 3 is 2.89 bits per heavy atom. The van der Waals surface area contributed by atoms with Crippen LogP contribution >= 0.6 is 11.3 Å². The van der Waals surface area contributed by atoms with Crippen molar-refractivity contribution in [3.8, 4) is 11.5 Å². The summed E-state index contributed by atoms with van der Waals surface area (Å²) in [5.41, 5.74) is 1.63. The second-order valence-electron chi connectivity index (χ2n) is 7.36. The van der Waals surface area contributed by atoms with Crippen molar-refractivity contribution in [1.82, 2.24) is 9.88 Å². The fraction of sp³-hybridized carbons (Fsp3) is 0.524. The van der Waals surface area contributed by atoms with Crippen LogP contribution < -0.4 is 14.8 Å². The first-order valence-electron chi connectivity index (χ1n) is 9.83. The van der Waals surface area contributed by atoms with E-state index in [0.29, 0.717) is 34.7 Å². The number of fused-ring (bicyclic) bond motifs is 1. The average molecular weight is 404 g/mol. The molecule has 28 heavy (non-hydrogen) atoms. The van der Waals surface area contributed by atoms with Gasteiger partial charge in [-0.15, -0.1) is 11.3 Å². The van der Waals surface area contributed by atoms with E-state index < -0.39 is 0 Å². The summed E-state index contributed by atoms with van der Waals surface area (Å²) < 4.78 is 11.2. The number of hydrogen-bond donors (Lipinski definition) is 1. The Morgan fingerprint density at radius 1 is 1.36 bits per heavy atom. The van der Waals surface area contributed by atoms with Crippen LogP contribution in [0.2, 0.25) is 0 Å². The van der Waals surface area contributed by atoms with Gasteiger partial charge in [-0.25, -0.2) is 4.98 Å². The van der Waals surface area contributed by atoms with E-state index >= 15 is 0 Å². The SMILES string of the molecule is CCN1CCc2nc(NC(=O)c3ccc(OCCC(C)C)c(OC)c3)sc2C1. The highest BCUT2D eigenvalue weighted by Crippen LogP contribution is 2.31. The highest BCUT2D eigenvalue weighted by Gasteiger charge is 2.21. The molecule has 1 aromatic heterocycles. The van der Waals surface area contributed by atoms with Crippen LogP contribution in [-0.4, -0.2) is 42.6 Å². The number of carbonyl (C=O) groups is 1. The summed E-state index contributed by atoms with van der Waals surface area (Å²) in [7, 11) is 1.58. The van der Waals surface area contributed by atoms with Crippen molar-refractivity contribution >= 4 is 22.4 Å². The van der Waals surface area contributed by atoms with Gasteiger partial charge >= 0.3 is 0 Å². The topological polar surface area (TPSA) is 63.7 Å². The van der Waals surface area contributed by atoms with Crippen LogP contribution in [0.25, 0.3) is 0 Å². The van der Waals surface area contributed by atoms with E-state index in [2.05, 4.69) is 36.0 Å². The number of likely N-dealkylation sites (N-methyl/N-ethyl adjacent to an activating group) is 1. The number of anilines is 1. The number of methoxy groups -OCH3 is 1. The third kappa shape index (κ3) is 5.02. The fourth-order valence-corrected chi connectivity index (χ4v) is 4.12. The Kier molecular flexibility index (Phi) is 6.91. The Labute approximate surface area is 170 Å². The molecule has 1 aromatic carbocycles. The largest absolute Gasteiger partial charge is 0.493 e. The molecule has 0 saturated heterocycles. The molecule has 7 heteroatoms. The molecule has 1 aliphatic heterocycles. The lowest BCUT2D eigenvalue weighted by molar-refractivity contribution is 0.102. The Morgan fingerprint density at radius 2 is 2.18 bits per heavy atom. The Hall–Kier alpha value is -2.12. The van der Waals surface area contributed by atoms with E-state index in [9.17, 15) is 4.79 Å². The van der Waals surface area contributed by atoms with Crippen molar-refractivity contribution in [2.45, 2.75) is 40.2 Å². The van der Waals surface area contributed by atoms with Crippen molar-refractivity contribution in [3.05, 3.63) is 34.3 Å². The van der Waals surface area contributed by atoms with Crippen LogP contribution in [0.1, 0.15) is 48.1 Å². The molecule has 0 aliphatic carbocycles. The number of hydrogen-bond acceptors (Lipinski definition) is 6. The summed E-state index contributed by atoms with van der Waals surface area (Å²) in [4.78, 5) is 20.9. The molecule has 1 amide bonds. The predicted octanol–water partition coefficient (Wildman–Crippen LogP) is 4.21. The Bertz CT molecular complexity index is 819. The molecular weight excluding hydrogens is 374 g/mol. The van der Waals surface area contributed by atoms with E-state index in [0.717, 1.165) is 38.2 Å². The number of nitrogens with zero attached hydrogens (tertiary/aromatic N) is 2. The first-order valence-corrected chi connectivity index (χ1v) is 10.6. The molecule has 0 atom stereocenters. The highest BCUT2D eigenvalue weighted by molar-refractivity contribution is 7.15. The van der Waals surface area contributed by atoms with Crippen molar-refractivity contribution in [2.75, 3.05) is 32.1 Å². The summed E-state index contributed by atoms with van der Waals surface area (Å²) in [5.74, 6) is 1.60. The molecule has 0 radical (unpaired) electrons. The maximum Gasteiger partial charge on any atom is 0.257 e. The maximum atomic E-state index is 12.7. The van der Waals surface area contributed by atoms with Gasteiger partial charge in [0.1, 0.15) is 0 Å². The van der Waals surface area contributed by atoms with Crippen LogP contribution in [0.15, 0.2) is 18.2 Å². The Balaban J connectivity index is 1.67. The number of ether oxygens (including phenoxy) is 2. The normalized spacial score (nSPS) is 14.0. The van der Waals surface area contributed by atoms with Gasteiger partial charge in [-0.3, -0.25) is 15.0 Å². The van der Waals surface area contributed by atoms with Crippen molar-refractivity contribution < 1.29 is 14.3 Å². The molecule has 2 heterocycles. The maximum absolute atomic E-state index is 12.7. The molecule has 6 nitrogen and oxygen atoms in total. The van der Waals surface area contributed by atoms with Crippen molar-refractivity contribution in [2.24, 2.45) is 5.92 Å². The zero-order chi connectivity index (χ0) is 20.1. The number of nitrogens with one attached hydrogen (secondary N) is 1. The second kappa shape index (κ2) is 9.39. The minimum absolute atomic E-state index is 0.189. The van der Waals surface area contributed by atoms with Crippen LogP contribution in [0.5, 0.6) is 11.5 Å². The fourth-order valence-electron chi connectivity index (χ4n) is 3.07. The van der Waals surface area contributed by atoms with E-state index in [4.69, 9.17) is 9.47 Å². The number of aromatic nitrogens is 1. The predicted molar refractivity (Wildman–Crippen MR) is 113 cm³/mol. The highest BCUT2D eigenvalue weighted by atomic mass is 32.1. The molecule has 3 rings (SSSR count). The van der Waals surface area contributed by atoms with E-state index in [1.807, 2.05) is 0 Å². The molecule has 0 unspecified atom stereocenters. The van der Waals surface area contributed by atoms with Gasteiger partial charge < -0.3 is 9.47 Å². The molecule has 0 fully saturated rings. The lowest BCUT2D eigenvalue weighted by Gasteiger charge is -2.23. The minimum atomic E-state index is -0.189. The molecule has 2 aromatic rings. The van der Waals surface area contributed by atoms with Crippen LogP contribution in [0.3, 0.4) is 0 Å². The van der Waals surface area contributed by atoms with Crippen LogP contribution in [-0.2, 0) is 13.0 Å². The van der Waals surface area contributed by atoms with Gasteiger partial charge in [-0.2, -0.15) is 0 Å². The molecule has 0 saturated carbocycles. The lowest BCUT2D eigenvalue weighted by atomic mass is 10.1. The van der Waals surface area contributed by atoms with Crippen molar-refractivity contribution in [3.63, 3.8) is 0 Å². The van der Waals surface area contributed by atoms with Gasteiger partial charge in [0.2, 0.25) is 0 Å². The molecule has 0 spiro atoms. The van der Waals surface area contributed by atoms with Crippen molar-refractivity contribution in [1.29, 1.82) is 0 Å². The van der Waals surface area contributed by atoms with Gasteiger partial charge in [0.05, 0.1) is 19.4 Å². The molecular formula is C21H29N3O3S. The van der Waals surface area contributed by atoms with E-state index in [1.165, 1.54) is 4.88 Å². The molecule has 0 bridgehead atoms. The number of benzene rings is 1. The van der Waals surface area contributed by atoms with E-state index in [1.54, 1.807) is 36.6 Å². The van der Waals surface area contributed by atoms with E-state index in [-0.39, 0.29) is 5.91 Å². The number of thiazole rings is 1. The second-order valence-corrected chi connectivity index (χ2v) is 8.44. The zero-order valence-electron chi connectivity index (χ0n) is 17.1. The monoisotopic (exact) mass is 403 g/mol. The third-order valence-electron chi connectivity index (χ3n) is 4.86. The number of amides is 1. The summed E-state index contributed by atoms with van der Waals surface area (Å²) in [6.45, 7) is 10.1. The summed E-state index contributed by atoms with van der Waals surface area (Å²) in [6, 6.07) is 5.27. The summed E-state index contributed by atoms with van der Waals surface area (Å²) in [5, 5.41) is 3.59. The minimum Gasteiger partial charge on any atom is -0.493 e. The van der Waals surface area contributed by atoms with Crippen LogP contribution in [0, 0.1) is 5.92 Å². The summed E-state index contributed by atoms with van der Waals surface area (Å²) in [6.07, 6.45) is 1.90. The number of rotatable bonds is 8. The zero-order valence-corrected chi connectivity index (χ0v) is 17.9. The average Bonchev–Trinajstić information content (AvgIpc) is 3.08. The van der Waals surface area contributed by atoms with Gasteiger partial charge in [-0.1, -0.05) is 20.8 Å². The smallest absolute Gasteiger partial charge is 0.257 e. The van der Waals surface area contributed by atoms with Crippen LogP contribution in [0.4, 0.5) is 5.13 Å². The lowest BCUT2D eigenvalue weighted by Crippen LogP contribution is -2.29. The molecule has 1 aliphatic rings. The standard InChI is InChI=1S/C21H29N3O3S/c1-5-24-10-8-16-19(13-24)28-21(22-16)23-20(25)15-6-7-17(18(12-15)26-4)27-11-9-14(2)3/h6-7,12,14H,5,8-11,13H2,1-4H3,(H,22,23,25). The molecule has 152 valence electrons. The van der Waals surface area contributed by atoms with Gasteiger partial charge in [0.25, 0.3) is 5.91 Å². The first kappa shape index (κ1) is 20.6. The summed E-state index contributed by atoms with van der Waals surface area (Å²) >= 11 is 1.56. The van der Waals surface area contributed by atoms with Gasteiger partial charge in [0.15, 0.2) is 16.6 Å². The van der Waals surface area contributed by atoms with Gasteiger partial charge in [-0.05, 0) is 37.1 Å².